The van der Waals surface area contributed by atoms with Gasteiger partial charge in [0.2, 0.25) is 5.91 Å². The van der Waals surface area contributed by atoms with Crippen LogP contribution in [0, 0.1) is 0 Å². The zero-order valence-electron chi connectivity index (χ0n) is 11.1. The molecule has 0 aromatic carbocycles. The molecule has 0 saturated carbocycles. The molecule has 0 unspecified atom stereocenters. The van der Waals surface area contributed by atoms with Gasteiger partial charge >= 0.3 is 0 Å². The molecule has 0 spiro atoms. The Kier molecular flexibility index (Phi) is 4.53. The Morgan fingerprint density at radius 2 is 2.10 bits per heavy atom. The number of rotatable bonds is 4. The Hall–Kier alpha value is -1.29. The van der Waals surface area contributed by atoms with E-state index in [9.17, 15) is 13.2 Å². The molecule has 1 aromatic rings. The molecule has 1 aromatic heterocycles. The third-order valence-electron chi connectivity index (χ3n) is 2.96. The highest BCUT2D eigenvalue weighted by Crippen LogP contribution is 2.26. The van der Waals surface area contributed by atoms with Crippen molar-refractivity contribution in [2.45, 2.75) is 4.21 Å². The Morgan fingerprint density at radius 3 is 2.70 bits per heavy atom. The Balaban J connectivity index is 2.13. The first kappa shape index (κ1) is 15.1. The third kappa shape index (κ3) is 3.23. The zero-order chi connectivity index (χ0) is 14.8. The molecule has 1 amide bonds. The van der Waals surface area contributed by atoms with Crippen molar-refractivity contribution in [3.8, 4) is 0 Å². The van der Waals surface area contributed by atoms with Crippen LogP contribution in [0.5, 0.6) is 0 Å². The minimum absolute atomic E-state index is 0.140. The topological polar surface area (TPSA) is 82.6 Å². The number of hydrogen-bond acceptors (Lipinski definition) is 6. The monoisotopic (exact) mass is 316 g/mol. The molecule has 0 radical (unpaired) electrons. The van der Waals surface area contributed by atoms with Gasteiger partial charge in [-0.1, -0.05) is 17.9 Å². The van der Waals surface area contributed by atoms with E-state index in [-0.39, 0.29) is 9.34 Å². The number of likely N-dealkylation sites (N-methyl/N-ethyl adjacent to an activating group) is 1. The van der Waals surface area contributed by atoms with Crippen LogP contribution in [0.25, 0.3) is 0 Å². The molecule has 1 saturated heterocycles. The van der Waals surface area contributed by atoms with Gasteiger partial charge in [0.05, 0.1) is 6.20 Å². The number of nitrogens with one attached hydrogen (secondary N) is 1. The normalized spacial score (nSPS) is 17.9. The third-order valence-corrected chi connectivity index (χ3v) is 6.20. The van der Waals surface area contributed by atoms with Crippen molar-refractivity contribution in [1.82, 2.24) is 14.2 Å². The van der Waals surface area contributed by atoms with Gasteiger partial charge in [0.25, 0.3) is 10.0 Å². The average Bonchev–Trinajstić information content (AvgIpc) is 2.88. The van der Waals surface area contributed by atoms with E-state index >= 15 is 0 Å². The predicted molar refractivity (Wildman–Crippen MR) is 77.2 cm³/mol. The quantitative estimate of drug-likeness (QED) is 0.803. The molecule has 1 aliphatic rings. The van der Waals surface area contributed by atoms with Crippen LogP contribution in [-0.4, -0.2) is 61.7 Å². The number of carbonyl (C=O) groups excluding carboxylic acids is 1. The van der Waals surface area contributed by atoms with Gasteiger partial charge in [-0.25, -0.2) is 13.4 Å². The van der Waals surface area contributed by atoms with Crippen LogP contribution < -0.4 is 5.32 Å². The van der Waals surface area contributed by atoms with Crippen molar-refractivity contribution >= 4 is 32.4 Å². The molecular weight excluding hydrogens is 300 g/mol. The van der Waals surface area contributed by atoms with Crippen molar-refractivity contribution in [3.63, 3.8) is 0 Å². The van der Waals surface area contributed by atoms with Crippen LogP contribution in [0.4, 0.5) is 5.13 Å². The smallest absolute Gasteiger partial charge is 0.254 e. The standard InChI is InChI=1S/C11H16N4O3S2/c1-3-9(16)13-11-12-8-10(19-11)20(17,18)15-6-4-14(2)5-7-15/h3,8H,1,4-7H2,2H3,(H,12,13,16). The molecule has 2 rings (SSSR count). The summed E-state index contributed by atoms with van der Waals surface area (Å²) in [5.41, 5.74) is 0. The van der Waals surface area contributed by atoms with E-state index in [2.05, 4.69) is 21.8 Å². The summed E-state index contributed by atoms with van der Waals surface area (Å²) < 4.78 is 26.4. The molecule has 9 heteroatoms. The van der Waals surface area contributed by atoms with Crippen molar-refractivity contribution in [2.75, 3.05) is 38.5 Å². The van der Waals surface area contributed by atoms with Crippen LogP contribution in [0.1, 0.15) is 0 Å². The average molecular weight is 316 g/mol. The molecule has 20 heavy (non-hydrogen) atoms. The van der Waals surface area contributed by atoms with Gasteiger partial charge in [0.1, 0.15) is 0 Å². The van der Waals surface area contributed by atoms with Crippen LogP contribution >= 0.6 is 11.3 Å². The molecule has 1 fully saturated rings. The molecule has 2 heterocycles. The van der Waals surface area contributed by atoms with Crippen molar-refractivity contribution in [1.29, 1.82) is 0 Å². The Morgan fingerprint density at radius 1 is 1.45 bits per heavy atom. The number of nitrogens with zero attached hydrogens (tertiary/aromatic N) is 3. The predicted octanol–water partition coefficient (Wildman–Crippen LogP) is 0.204. The molecule has 0 atom stereocenters. The Bertz CT molecular complexity index is 603. The fraction of sp³-hybridized carbons (Fsp3) is 0.455. The van der Waals surface area contributed by atoms with Gasteiger partial charge in [-0.15, -0.1) is 0 Å². The summed E-state index contributed by atoms with van der Waals surface area (Å²) in [6, 6.07) is 0. The summed E-state index contributed by atoms with van der Waals surface area (Å²) in [6.07, 6.45) is 2.38. The van der Waals surface area contributed by atoms with E-state index in [4.69, 9.17) is 0 Å². The SMILES string of the molecule is C=CC(=O)Nc1ncc(S(=O)(=O)N2CCN(C)CC2)s1. The zero-order valence-corrected chi connectivity index (χ0v) is 12.7. The lowest BCUT2D eigenvalue weighted by Gasteiger charge is -2.30. The first-order chi connectivity index (χ1) is 9.43. The van der Waals surface area contributed by atoms with E-state index < -0.39 is 15.9 Å². The minimum atomic E-state index is -3.52. The van der Waals surface area contributed by atoms with Crippen molar-refractivity contribution in [3.05, 3.63) is 18.9 Å². The molecule has 110 valence electrons. The fourth-order valence-electron chi connectivity index (χ4n) is 1.75. The number of carbonyl (C=O) groups is 1. The van der Waals surface area contributed by atoms with Crippen LogP contribution in [0.2, 0.25) is 0 Å². The largest absolute Gasteiger partial charge is 0.304 e. The number of thiazole rings is 1. The molecule has 1 aliphatic heterocycles. The van der Waals surface area contributed by atoms with Crippen molar-refractivity contribution < 1.29 is 13.2 Å². The summed E-state index contributed by atoms with van der Waals surface area (Å²) in [7, 11) is -1.56. The maximum absolute atomic E-state index is 12.4. The van der Waals surface area contributed by atoms with E-state index in [1.807, 2.05) is 7.05 Å². The highest BCUT2D eigenvalue weighted by atomic mass is 32.2. The number of hydrogen-bond donors (Lipinski definition) is 1. The summed E-state index contributed by atoms with van der Waals surface area (Å²) in [5, 5.41) is 2.71. The summed E-state index contributed by atoms with van der Waals surface area (Å²) in [6.45, 7) is 5.67. The molecule has 0 bridgehead atoms. The number of amides is 1. The number of piperazine rings is 1. The summed E-state index contributed by atoms with van der Waals surface area (Å²) >= 11 is 0.944. The molecule has 7 nitrogen and oxygen atoms in total. The van der Waals surface area contributed by atoms with E-state index in [0.717, 1.165) is 17.4 Å². The summed E-state index contributed by atoms with van der Waals surface area (Å²) in [5.74, 6) is -0.414. The lowest BCUT2D eigenvalue weighted by molar-refractivity contribution is -0.111. The van der Waals surface area contributed by atoms with Gasteiger partial charge in [-0.3, -0.25) is 10.1 Å². The van der Waals surface area contributed by atoms with E-state index in [1.165, 1.54) is 10.5 Å². The highest BCUT2D eigenvalue weighted by molar-refractivity contribution is 7.91. The van der Waals surface area contributed by atoms with Crippen molar-refractivity contribution in [2.24, 2.45) is 0 Å². The van der Waals surface area contributed by atoms with Gasteiger partial charge in [0.15, 0.2) is 9.34 Å². The molecule has 0 aliphatic carbocycles. The minimum Gasteiger partial charge on any atom is -0.304 e. The van der Waals surface area contributed by atoms with Crippen LogP contribution in [0.3, 0.4) is 0 Å². The maximum atomic E-state index is 12.4. The second-order valence-corrected chi connectivity index (χ2v) is 7.58. The van der Waals surface area contributed by atoms with E-state index in [0.29, 0.717) is 26.2 Å². The molecule has 1 N–H and O–H groups in total. The van der Waals surface area contributed by atoms with Gasteiger partial charge in [-0.05, 0) is 13.1 Å². The first-order valence-corrected chi connectivity index (χ1v) is 8.27. The number of aromatic nitrogens is 1. The lowest BCUT2D eigenvalue weighted by atomic mass is 10.4. The fourth-order valence-corrected chi connectivity index (χ4v) is 4.36. The summed E-state index contributed by atoms with van der Waals surface area (Å²) in [4.78, 5) is 17.1. The second-order valence-electron chi connectivity index (χ2n) is 4.39. The second kappa shape index (κ2) is 6.00. The first-order valence-electron chi connectivity index (χ1n) is 6.01. The van der Waals surface area contributed by atoms with Gasteiger partial charge in [-0.2, -0.15) is 4.31 Å². The maximum Gasteiger partial charge on any atom is 0.254 e. The van der Waals surface area contributed by atoms with Crippen LogP contribution in [0.15, 0.2) is 23.1 Å². The van der Waals surface area contributed by atoms with Gasteiger partial charge < -0.3 is 4.90 Å². The molecular formula is C11H16N4O3S2. The number of sulfonamides is 1. The van der Waals surface area contributed by atoms with Crippen LogP contribution in [-0.2, 0) is 14.8 Å². The van der Waals surface area contributed by atoms with E-state index in [1.54, 1.807) is 0 Å². The van der Waals surface area contributed by atoms with Gasteiger partial charge in [0, 0.05) is 26.2 Å². The number of anilines is 1. The highest BCUT2D eigenvalue weighted by Gasteiger charge is 2.29. The Labute approximate surface area is 122 Å². The lowest BCUT2D eigenvalue weighted by Crippen LogP contribution is -2.46.